The minimum Gasteiger partial charge on any atom is -0.0885 e. The van der Waals surface area contributed by atoms with E-state index in [1.807, 2.05) is 0 Å². The van der Waals surface area contributed by atoms with Crippen molar-refractivity contribution < 1.29 is 0 Å². The monoisotopic (exact) mass is 191 g/mol. The molecule has 0 N–H and O–H groups in total. The average Bonchev–Trinajstić information content (AvgIpc) is 2.22. The van der Waals surface area contributed by atoms with Gasteiger partial charge in [-0.1, -0.05) is 50.0 Å². The third kappa shape index (κ3) is 6.94. The van der Waals surface area contributed by atoms with Gasteiger partial charge in [0.2, 0.25) is 0 Å². The molecule has 0 atom stereocenters. The molecule has 1 aliphatic carbocycles. The Morgan fingerprint density at radius 2 is 1.14 bits per heavy atom. The molecule has 0 nitrogen and oxygen atoms in total. The molecule has 0 saturated carbocycles. The summed E-state index contributed by atoms with van der Waals surface area (Å²) in [6, 6.07) is 0. The van der Waals surface area contributed by atoms with Crippen LogP contribution in [0, 0.1) is 6.42 Å². The molecule has 0 fully saturated rings. The Balaban J connectivity index is 2.17. The molecule has 79 valence electrons. The van der Waals surface area contributed by atoms with Crippen LogP contribution in [0.3, 0.4) is 0 Å². The Bertz CT molecular complexity index is 145. The van der Waals surface area contributed by atoms with E-state index in [1.165, 1.54) is 57.8 Å². The molecule has 0 aromatic heterocycles. The molecule has 14 heavy (non-hydrogen) atoms. The van der Waals surface area contributed by atoms with E-state index >= 15 is 0 Å². The zero-order chi connectivity index (χ0) is 9.90. The maximum Gasteiger partial charge on any atom is -0.0171 e. The van der Waals surface area contributed by atoms with Gasteiger partial charge in [0.15, 0.2) is 0 Å². The normalized spacial score (nSPS) is 26.3. The van der Waals surface area contributed by atoms with E-state index in [-0.39, 0.29) is 0 Å². The van der Waals surface area contributed by atoms with E-state index < -0.39 is 0 Å². The lowest BCUT2D eigenvalue weighted by atomic mass is 10.1. The summed E-state index contributed by atoms with van der Waals surface area (Å²) in [7, 11) is 0. The van der Waals surface area contributed by atoms with Crippen LogP contribution >= 0.6 is 0 Å². The van der Waals surface area contributed by atoms with Crippen molar-refractivity contribution in [1.29, 1.82) is 0 Å². The van der Waals surface area contributed by atoms with Crippen LogP contribution < -0.4 is 0 Å². The standard InChI is InChI=1S/C14H23/c1-2-4-6-8-10-12-14-13-11-9-7-5-3-1/h1-3,8,10H,4-7,9,11-14H2/b2-1+,10-8+. The van der Waals surface area contributed by atoms with Crippen molar-refractivity contribution in [3.63, 3.8) is 0 Å². The van der Waals surface area contributed by atoms with Crippen molar-refractivity contribution in [3.05, 3.63) is 30.7 Å². The number of hydrogen-bond donors (Lipinski definition) is 0. The highest BCUT2D eigenvalue weighted by Crippen LogP contribution is 2.10. The Kier molecular flexibility index (Phi) is 7.47. The largest absolute Gasteiger partial charge is 0.0885 e. The summed E-state index contributed by atoms with van der Waals surface area (Å²) in [5, 5.41) is 0. The van der Waals surface area contributed by atoms with Crippen LogP contribution in [0.25, 0.3) is 0 Å². The molecule has 0 bridgehead atoms. The molecule has 0 unspecified atom stereocenters. The molecule has 0 heterocycles. The second-order valence-electron chi connectivity index (χ2n) is 4.06. The lowest BCUT2D eigenvalue weighted by molar-refractivity contribution is 0.617. The summed E-state index contributed by atoms with van der Waals surface area (Å²) >= 11 is 0. The highest BCUT2D eigenvalue weighted by atomic mass is 14.0. The lowest BCUT2D eigenvalue weighted by Gasteiger charge is -2.00. The minimum absolute atomic E-state index is 1.20. The Hall–Kier alpha value is -0.520. The summed E-state index contributed by atoms with van der Waals surface area (Å²) in [4.78, 5) is 0. The second kappa shape index (κ2) is 9.05. The van der Waals surface area contributed by atoms with E-state index in [1.54, 1.807) is 0 Å². The van der Waals surface area contributed by atoms with Crippen LogP contribution in [0.2, 0.25) is 0 Å². The predicted octanol–water partition coefficient (Wildman–Crippen LogP) is 4.83. The molecular weight excluding hydrogens is 168 g/mol. The summed E-state index contributed by atoms with van der Waals surface area (Å²) in [5.41, 5.74) is 0. The summed E-state index contributed by atoms with van der Waals surface area (Å²) in [6.45, 7) is 0. The van der Waals surface area contributed by atoms with Gasteiger partial charge < -0.3 is 0 Å². The molecule has 0 aromatic carbocycles. The van der Waals surface area contributed by atoms with E-state index in [2.05, 4.69) is 30.7 Å². The molecule has 0 aliphatic heterocycles. The van der Waals surface area contributed by atoms with Crippen LogP contribution in [-0.4, -0.2) is 0 Å². The second-order valence-corrected chi connectivity index (χ2v) is 4.06. The van der Waals surface area contributed by atoms with E-state index in [0.29, 0.717) is 0 Å². The fourth-order valence-electron chi connectivity index (χ4n) is 1.77. The van der Waals surface area contributed by atoms with Gasteiger partial charge in [0.1, 0.15) is 0 Å². The molecule has 0 spiro atoms. The lowest BCUT2D eigenvalue weighted by Crippen LogP contribution is -1.80. The van der Waals surface area contributed by atoms with Crippen LogP contribution in [0.5, 0.6) is 0 Å². The van der Waals surface area contributed by atoms with Crippen molar-refractivity contribution >= 4 is 0 Å². The van der Waals surface area contributed by atoms with E-state index in [0.717, 1.165) is 0 Å². The Labute approximate surface area is 89.1 Å². The summed E-state index contributed by atoms with van der Waals surface area (Å²) in [6.07, 6.45) is 23.5. The minimum atomic E-state index is 1.20. The molecule has 0 heteroatoms. The first kappa shape index (κ1) is 11.6. The zero-order valence-corrected chi connectivity index (χ0v) is 9.25. The smallest absolute Gasteiger partial charge is 0.0171 e. The number of allylic oxidation sites excluding steroid dienone is 4. The fraction of sp³-hybridized carbons (Fsp3) is 0.643. The van der Waals surface area contributed by atoms with Gasteiger partial charge in [-0.3, -0.25) is 0 Å². The maximum atomic E-state index is 2.35. The first-order chi connectivity index (χ1) is 7.00. The Morgan fingerprint density at radius 3 is 2.07 bits per heavy atom. The third-order valence-corrected chi connectivity index (χ3v) is 2.68. The molecule has 1 rings (SSSR count). The van der Waals surface area contributed by atoms with Crippen LogP contribution in [0.4, 0.5) is 0 Å². The van der Waals surface area contributed by atoms with Crippen molar-refractivity contribution in [2.75, 3.05) is 0 Å². The third-order valence-electron chi connectivity index (χ3n) is 2.68. The van der Waals surface area contributed by atoms with E-state index in [9.17, 15) is 0 Å². The van der Waals surface area contributed by atoms with Crippen molar-refractivity contribution in [2.24, 2.45) is 0 Å². The van der Waals surface area contributed by atoms with Gasteiger partial charge in [-0.05, 0) is 38.5 Å². The van der Waals surface area contributed by atoms with Gasteiger partial charge in [0.05, 0.1) is 0 Å². The summed E-state index contributed by atoms with van der Waals surface area (Å²) in [5.74, 6) is 0. The maximum absolute atomic E-state index is 2.35. The number of rotatable bonds is 0. The van der Waals surface area contributed by atoms with E-state index in [4.69, 9.17) is 0 Å². The van der Waals surface area contributed by atoms with Gasteiger partial charge in [-0.2, -0.15) is 0 Å². The molecule has 1 aliphatic rings. The average molecular weight is 191 g/mol. The fourth-order valence-corrected chi connectivity index (χ4v) is 1.77. The van der Waals surface area contributed by atoms with Gasteiger partial charge in [0, 0.05) is 0 Å². The number of hydrogen-bond acceptors (Lipinski definition) is 0. The Morgan fingerprint density at radius 1 is 0.500 bits per heavy atom. The highest BCUT2D eigenvalue weighted by Gasteiger charge is 1.90. The molecule has 0 amide bonds. The molecule has 1 radical (unpaired) electrons. The van der Waals surface area contributed by atoms with Gasteiger partial charge >= 0.3 is 0 Å². The van der Waals surface area contributed by atoms with Crippen LogP contribution in [0.1, 0.15) is 57.8 Å². The van der Waals surface area contributed by atoms with Crippen molar-refractivity contribution in [2.45, 2.75) is 57.8 Å². The molecule has 0 aromatic rings. The zero-order valence-electron chi connectivity index (χ0n) is 9.25. The first-order valence-electron chi connectivity index (χ1n) is 6.13. The van der Waals surface area contributed by atoms with Crippen molar-refractivity contribution in [3.8, 4) is 0 Å². The first-order valence-corrected chi connectivity index (χ1v) is 6.13. The van der Waals surface area contributed by atoms with Gasteiger partial charge in [-0.15, -0.1) is 0 Å². The van der Waals surface area contributed by atoms with Crippen LogP contribution in [0.15, 0.2) is 24.3 Å². The summed E-state index contributed by atoms with van der Waals surface area (Å²) < 4.78 is 0. The van der Waals surface area contributed by atoms with Gasteiger partial charge in [-0.25, -0.2) is 0 Å². The molecule has 0 saturated heterocycles. The van der Waals surface area contributed by atoms with Crippen molar-refractivity contribution in [1.82, 2.24) is 0 Å². The predicted molar refractivity (Wildman–Crippen MR) is 64.1 cm³/mol. The van der Waals surface area contributed by atoms with Gasteiger partial charge in [0.25, 0.3) is 0 Å². The van der Waals surface area contributed by atoms with Crippen LogP contribution in [-0.2, 0) is 0 Å². The molecular formula is C14H23. The topological polar surface area (TPSA) is 0 Å². The quantitative estimate of drug-likeness (QED) is 0.481. The highest BCUT2D eigenvalue weighted by molar-refractivity contribution is 4.96. The SMILES string of the molecule is [CH]1/C=C/CC/C=C/CCCCCCC1.